The molecule has 4 rings (SSSR count). The van der Waals surface area contributed by atoms with Crippen LogP contribution in [-0.2, 0) is 18.3 Å². The van der Waals surface area contributed by atoms with Gasteiger partial charge in [0.25, 0.3) is 0 Å². The van der Waals surface area contributed by atoms with Crippen molar-refractivity contribution in [2.24, 2.45) is 13.0 Å². The number of rotatable bonds is 5. The second-order valence-electron chi connectivity index (χ2n) is 6.32. The number of hydrogen-bond acceptors (Lipinski definition) is 5. The van der Waals surface area contributed by atoms with Gasteiger partial charge >= 0.3 is 0 Å². The molecule has 0 aromatic carbocycles. The van der Waals surface area contributed by atoms with Gasteiger partial charge in [-0.2, -0.15) is 5.10 Å². The van der Waals surface area contributed by atoms with Crippen molar-refractivity contribution in [2.45, 2.75) is 25.3 Å². The Labute approximate surface area is 130 Å². The lowest BCUT2D eigenvalue weighted by Crippen LogP contribution is -2.36. The SMILES string of the molecule is Cn1cc2c(n1)C(COCC1CC1)CN(c1ncccn1)C2. The lowest BCUT2D eigenvalue weighted by Gasteiger charge is -2.31. The summed E-state index contributed by atoms with van der Waals surface area (Å²) in [6, 6.07) is 1.85. The van der Waals surface area contributed by atoms with Crippen LogP contribution >= 0.6 is 0 Å². The summed E-state index contributed by atoms with van der Waals surface area (Å²) in [7, 11) is 1.98. The molecule has 0 spiro atoms. The van der Waals surface area contributed by atoms with Gasteiger partial charge in [-0.15, -0.1) is 0 Å². The van der Waals surface area contributed by atoms with Crippen molar-refractivity contribution in [3.63, 3.8) is 0 Å². The lowest BCUT2D eigenvalue weighted by molar-refractivity contribution is 0.109. The second-order valence-corrected chi connectivity index (χ2v) is 6.32. The van der Waals surface area contributed by atoms with Gasteiger partial charge in [0.2, 0.25) is 5.95 Å². The van der Waals surface area contributed by atoms with Gasteiger partial charge in [-0.1, -0.05) is 0 Å². The molecule has 0 amide bonds. The normalized spacial score (nSPS) is 21.0. The summed E-state index contributed by atoms with van der Waals surface area (Å²) in [5, 5.41) is 4.64. The second kappa shape index (κ2) is 5.68. The lowest BCUT2D eigenvalue weighted by atomic mass is 9.97. The molecule has 3 heterocycles. The maximum absolute atomic E-state index is 5.93. The molecule has 2 aromatic heterocycles. The van der Waals surface area contributed by atoms with Crippen molar-refractivity contribution in [2.75, 3.05) is 24.7 Å². The van der Waals surface area contributed by atoms with Crippen LogP contribution in [0.5, 0.6) is 0 Å². The van der Waals surface area contributed by atoms with E-state index in [0.717, 1.165) is 38.2 Å². The number of ether oxygens (including phenoxy) is 1. The number of hydrogen-bond donors (Lipinski definition) is 0. The van der Waals surface area contributed by atoms with E-state index in [1.165, 1.54) is 24.1 Å². The van der Waals surface area contributed by atoms with Gasteiger partial charge in [0.05, 0.1) is 12.3 Å². The monoisotopic (exact) mass is 299 g/mol. The van der Waals surface area contributed by atoms with Crippen LogP contribution in [0.4, 0.5) is 5.95 Å². The molecule has 1 aliphatic heterocycles. The highest BCUT2D eigenvalue weighted by Crippen LogP contribution is 2.31. The molecule has 2 aliphatic rings. The molecule has 0 bridgehead atoms. The first-order chi connectivity index (χ1) is 10.8. The molecular weight excluding hydrogens is 278 g/mol. The van der Waals surface area contributed by atoms with Gasteiger partial charge in [0.15, 0.2) is 0 Å². The first-order valence-corrected chi connectivity index (χ1v) is 7.91. The maximum Gasteiger partial charge on any atom is 0.225 e. The molecule has 116 valence electrons. The van der Waals surface area contributed by atoms with E-state index in [1.807, 2.05) is 17.8 Å². The average Bonchev–Trinajstić information content (AvgIpc) is 3.27. The van der Waals surface area contributed by atoms with Crippen molar-refractivity contribution in [1.82, 2.24) is 19.7 Å². The summed E-state index contributed by atoms with van der Waals surface area (Å²) in [5.74, 6) is 1.86. The van der Waals surface area contributed by atoms with Gasteiger partial charge < -0.3 is 9.64 Å². The number of aryl methyl sites for hydroxylation is 1. The largest absolute Gasteiger partial charge is 0.380 e. The zero-order valence-corrected chi connectivity index (χ0v) is 12.9. The minimum Gasteiger partial charge on any atom is -0.380 e. The topological polar surface area (TPSA) is 56.1 Å². The van der Waals surface area contributed by atoms with Crippen molar-refractivity contribution in [3.8, 4) is 0 Å². The van der Waals surface area contributed by atoms with Crippen LogP contribution in [-0.4, -0.2) is 39.5 Å². The Kier molecular flexibility index (Phi) is 3.54. The summed E-state index contributed by atoms with van der Waals surface area (Å²) in [4.78, 5) is 11.0. The Hall–Kier alpha value is -1.95. The highest BCUT2D eigenvalue weighted by molar-refractivity contribution is 5.38. The van der Waals surface area contributed by atoms with Crippen LogP contribution in [0, 0.1) is 5.92 Å². The molecule has 1 aliphatic carbocycles. The summed E-state index contributed by atoms with van der Waals surface area (Å²) in [5.41, 5.74) is 2.42. The molecule has 1 atom stereocenters. The third kappa shape index (κ3) is 2.83. The molecule has 6 heteroatoms. The van der Waals surface area contributed by atoms with Gasteiger partial charge in [0, 0.05) is 56.8 Å². The van der Waals surface area contributed by atoms with Gasteiger partial charge in [-0.25, -0.2) is 9.97 Å². The smallest absolute Gasteiger partial charge is 0.225 e. The van der Waals surface area contributed by atoms with Crippen LogP contribution in [0.2, 0.25) is 0 Å². The van der Waals surface area contributed by atoms with Crippen LogP contribution < -0.4 is 4.90 Å². The highest BCUT2D eigenvalue weighted by Gasteiger charge is 2.30. The Morgan fingerprint density at radius 3 is 2.82 bits per heavy atom. The number of fused-ring (bicyclic) bond motifs is 1. The predicted octanol–water partition coefficient (Wildman–Crippen LogP) is 1.74. The number of nitrogens with zero attached hydrogens (tertiary/aromatic N) is 5. The van der Waals surface area contributed by atoms with E-state index in [9.17, 15) is 0 Å². The molecule has 0 radical (unpaired) electrons. The van der Waals surface area contributed by atoms with E-state index in [0.29, 0.717) is 0 Å². The van der Waals surface area contributed by atoms with E-state index >= 15 is 0 Å². The van der Waals surface area contributed by atoms with Gasteiger partial charge in [-0.05, 0) is 24.8 Å². The molecule has 1 unspecified atom stereocenters. The Bertz CT molecular complexity index is 637. The average molecular weight is 299 g/mol. The third-order valence-corrected chi connectivity index (χ3v) is 4.33. The minimum absolute atomic E-state index is 0.285. The first kappa shape index (κ1) is 13.7. The van der Waals surface area contributed by atoms with Crippen LogP contribution in [0.15, 0.2) is 24.7 Å². The number of anilines is 1. The standard InChI is InChI=1S/C16H21N5O/c1-20-7-13-8-21(16-17-5-2-6-18-16)9-14(15(13)19-20)11-22-10-12-3-4-12/h2,5-7,12,14H,3-4,8-11H2,1H3. The van der Waals surface area contributed by atoms with Crippen LogP contribution in [0.25, 0.3) is 0 Å². The summed E-state index contributed by atoms with van der Waals surface area (Å²) < 4.78 is 7.83. The predicted molar refractivity (Wildman–Crippen MR) is 82.6 cm³/mol. The van der Waals surface area contributed by atoms with Crippen molar-refractivity contribution in [3.05, 3.63) is 35.9 Å². The summed E-state index contributed by atoms with van der Waals surface area (Å²) in [6.45, 7) is 3.29. The fraction of sp³-hybridized carbons (Fsp3) is 0.562. The maximum atomic E-state index is 5.93. The molecule has 0 N–H and O–H groups in total. The third-order valence-electron chi connectivity index (χ3n) is 4.33. The molecule has 1 fully saturated rings. The quantitative estimate of drug-likeness (QED) is 0.842. The fourth-order valence-electron chi connectivity index (χ4n) is 3.04. The van der Waals surface area contributed by atoms with E-state index in [2.05, 4.69) is 26.2 Å². The Morgan fingerprint density at radius 2 is 2.05 bits per heavy atom. The molecule has 2 aromatic rings. The van der Waals surface area contributed by atoms with E-state index in [-0.39, 0.29) is 5.92 Å². The van der Waals surface area contributed by atoms with Crippen molar-refractivity contribution < 1.29 is 4.74 Å². The molecule has 6 nitrogen and oxygen atoms in total. The zero-order valence-electron chi connectivity index (χ0n) is 12.9. The summed E-state index contributed by atoms with van der Waals surface area (Å²) in [6.07, 6.45) is 8.32. The van der Waals surface area contributed by atoms with E-state index in [1.54, 1.807) is 12.4 Å². The van der Waals surface area contributed by atoms with E-state index in [4.69, 9.17) is 4.74 Å². The molecular formula is C16H21N5O. The van der Waals surface area contributed by atoms with Crippen molar-refractivity contribution in [1.29, 1.82) is 0 Å². The molecule has 1 saturated carbocycles. The van der Waals surface area contributed by atoms with E-state index < -0.39 is 0 Å². The van der Waals surface area contributed by atoms with Gasteiger partial charge in [-0.3, -0.25) is 4.68 Å². The highest BCUT2D eigenvalue weighted by atomic mass is 16.5. The summed E-state index contributed by atoms with van der Waals surface area (Å²) >= 11 is 0. The number of aromatic nitrogens is 4. The van der Waals surface area contributed by atoms with Crippen molar-refractivity contribution >= 4 is 5.95 Å². The zero-order chi connectivity index (χ0) is 14.9. The van der Waals surface area contributed by atoms with Crippen LogP contribution in [0.1, 0.15) is 30.0 Å². The molecule has 22 heavy (non-hydrogen) atoms. The van der Waals surface area contributed by atoms with Crippen LogP contribution in [0.3, 0.4) is 0 Å². The molecule has 0 saturated heterocycles. The van der Waals surface area contributed by atoms with Gasteiger partial charge in [0.1, 0.15) is 0 Å². The fourth-order valence-corrected chi connectivity index (χ4v) is 3.04. The Balaban J connectivity index is 1.52. The first-order valence-electron chi connectivity index (χ1n) is 7.91. The Morgan fingerprint density at radius 1 is 1.23 bits per heavy atom. The minimum atomic E-state index is 0.285.